The molecule has 0 spiro atoms. The molecule has 1 rings (SSSR count). The van der Waals surface area contributed by atoms with Gasteiger partial charge < -0.3 is 5.32 Å². The van der Waals surface area contributed by atoms with Gasteiger partial charge in [-0.3, -0.25) is 4.79 Å². The SMILES string of the molecule is CCCCNC(=O)C(C#N)=Cc1ccc(Cl)cc1Cl. The Labute approximate surface area is 122 Å². The molecular weight excluding hydrogens is 283 g/mol. The van der Waals surface area contributed by atoms with Crippen molar-refractivity contribution in [1.82, 2.24) is 5.32 Å². The minimum absolute atomic E-state index is 0.0281. The molecule has 0 saturated heterocycles. The first-order valence-corrected chi connectivity index (χ1v) is 6.69. The minimum atomic E-state index is -0.387. The third-order valence-corrected chi connectivity index (χ3v) is 3.01. The zero-order valence-electron chi connectivity index (χ0n) is 10.5. The van der Waals surface area contributed by atoms with E-state index in [9.17, 15) is 4.79 Å². The number of rotatable bonds is 5. The van der Waals surface area contributed by atoms with Crippen LogP contribution in [0.2, 0.25) is 10.0 Å². The lowest BCUT2D eigenvalue weighted by Crippen LogP contribution is -2.25. The first-order valence-electron chi connectivity index (χ1n) is 5.93. The minimum Gasteiger partial charge on any atom is -0.351 e. The van der Waals surface area contributed by atoms with Crippen LogP contribution in [0.3, 0.4) is 0 Å². The summed E-state index contributed by atoms with van der Waals surface area (Å²) in [5.74, 6) is -0.387. The summed E-state index contributed by atoms with van der Waals surface area (Å²) in [5, 5.41) is 12.6. The highest BCUT2D eigenvalue weighted by Gasteiger charge is 2.09. The molecule has 0 unspecified atom stereocenters. The summed E-state index contributed by atoms with van der Waals surface area (Å²) in [6, 6.07) is 6.77. The highest BCUT2D eigenvalue weighted by atomic mass is 35.5. The van der Waals surface area contributed by atoms with Crippen LogP contribution in [0.4, 0.5) is 0 Å². The van der Waals surface area contributed by atoms with Gasteiger partial charge in [-0.15, -0.1) is 0 Å². The van der Waals surface area contributed by atoms with Crippen molar-refractivity contribution < 1.29 is 4.79 Å². The molecule has 5 heteroatoms. The molecule has 0 fully saturated rings. The van der Waals surface area contributed by atoms with Crippen LogP contribution in [0.25, 0.3) is 6.08 Å². The monoisotopic (exact) mass is 296 g/mol. The van der Waals surface area contributed by atoms with E-state index >= 15 is 0 Å². The maximum Gasteiger partial charge on any atom is 0.261 e. The average Bonchev–Trinajstić information content (AvgIpc) is 2.38. The highest BCUT2D eigenvalue weighted by Crippen LogP contribution is 2.23. The van der Waals surface area contributed by atoms with Gasteiger partial charge in [0.05, 0.1) is 0 Å². The number of amides is 1. The van der Waals surface area contributed by atoms with Crippen LogP contribution in [0.15, 0.2) is 23.8 Å². The predicted molar refractivity (Wildman–Crippen MR) is 78.0 cm³/mol. The maximum absolute atomic E-state index is 11.8. The lowest BCUT2D eigenvalue weighted by molar-refractivity contribution is -0.117. The first-order chi connectivity index (χ1) is 9.08. The molecule has 100 valence electrons. The van der Waals surface area contributed by atoms with Gasteiger partial charge in [-0.1, -0.05) is 42.6 Å². The number of halogens is 2. The van der Waals surface area contributed by atoms with Crippen molar-refractivity contribution in [2.24, 2.45) is 0 Å². The average molecular weight is 297 g/mol. The normalized spacial score (nSPS) is 10.9. The van der Waals surface area contributed by atoms with Gasteiger partial charge in [0, 0.05) is 16.6 Å². The molecule has 1 aromatic carbocycles. The quantitative estimate of drug-likeness (QED) is 0.510. The van der Waals surface area contributed by atoms with Crippen LogP contribution in [0, 0.1) is 11.3 Å². The summed E-state index contributed by atoms with van der Waals surface area (Å²) in [6.45, 7) is 2.59. The van der Waals surface area contributed by atoms with Gasteiger partial charge in [-0.25, -0.2) is 0 Å². The smallest absolute Gasteiger partial charge is 0.261 e. The van der Waals surface area contributed by atoms with E-state index in [0.717, 1.165) is 12.8 Å². The number of hydrogen-bond acceptors (Lipinski definition) is 2. The van der Waals surface area contributed by atoms with Gasteiger partial charge in [0.15, 0.2) is 0 Å². The summed E-state index contributed by atoms with van der Waals surface area (Å²) >= 11 is 11.8. The number of hydrogen-bond donors (Lipinski definition) is 1. The topological polar surface area (TPSA) is 52.9 Å². The van der Waals surface area contributed by atoms with Gasteiger partial charge in [0.2, 0.25) is 0 Å². The number of nitrogens with zero attached hydrogens (tertiary/aromatic N) is 1. The molecule has 0 aliphatic rings. The lowest BCUT2D eigenvalue weighted by atomic mass is 10.1. The van der Waals surface area contributed by atoms with Crippen LogP contribution in [-0.4, -0.2) is 12.5 Å². The van der Waals surface area contributed by atoms with Crippen LogP contribution < -0.4 is 5.32 Å². The van der Waals surface area contributed by atoms with E-state index in [1.165, 1.54) is 6.08 Å². The third kappa shape index (κ3) is 4.94. The second-order valence-corrected chi connectivity index (χ2v) is 4.79. The van der Waals surface area contributed by atoms with Crippen molar-refractivity contribution in [2.75, 3.05) is 6.54 Å². The van der Waals surface area contributed by atoms with E-state index in [0.29, 0.717) is 22.2 Å². The van der Waals surface area contributed by atoms with Crippen molar-refractivity contribution in [1.29, 1.82) is 5.26 Å². The fourth-order valence-electron chi connectivity index (χ4n) is 1.40. The molecule has 0 aromatic heterocycles. The zero-order valence-corrected chi connectivity index (χ0v) is 12.1. The van der Waals surface area contributed by atoms with E-state index in [2.05, 4.69) is 5.32 Å². The summed E-state index contributed by atoms with van der Waals surface area (Å²) in [6.07, 6.45) is 3.32. The molecular formula is C14H14Cl2N2O. The molecule has 0 bridgehead atoms. The highest BCUT2D eigenvalue weighted by molar-refractivity contribution is 6.35. The van der Waals surface area contributed by atoms with Gasteiger partial charge in [-0.2, -0.15) is 5.26 Å². The van der Waals surface area contributed by atoms with Crippen LogP contribution in [0.5, 0.6) is 0 Å². The number of carbonyl (C=O) groups is 1. The molecule has 0 heterocycles. The molecule has 1 N–H and O–H groups in total. The van der Waals surface area contributed by atoms with E-state index in [1.807, 2.05) is 13.0 Å². The summed E-state index contributed by atoms with van der Waals surface area (Å²) in [5.41, 5.74) is 0.619. The van der Waals surface area contributed by atoms with Gasteiger partial charge in [0.25, 0.3) is 5.91 Å². The molecule has 0 aliphatic heterocycles. The first kappa shape index (κ1) is 15.6. The van der Waals surface area contributed by atoms with Crippen molar-refractivity contribution in [3.63, 3.8) is 0 Å². The Bertz CT molecular complexity index is 533. The molecule has 0 atom stereocenters. The molecule has 0 saturated carbocycles. The van der Waals surface area contributed by atoms with Gasteiger partial charge in [-0.05, 0) is 30.2 Å². The predicted octanol–water partition coefficient (Wildman–Crippen LogP) is 3.82. The largest absolute Gasteiger partial charge is 0.351 e. The third-order valence-electron chi connectivity index (χ3n) is 2.44. The Morgan fingerprint density at radius 2 is 2.21 bits per heavy atom. The number of nitrogens with one attached hydrogen (secondary N) is 1. The molecule has 19 heavy (non-hydrogen) atoms. The van der Waals surface area contributed by atoms with E-state index in [4.69, 9.17) is 28.5 Å². The maximum atomic E-state index is 11.8. The second kappa shape index (κ2) is 7.83. The van der Waals surface area contributed by atoms with Crippen molar-refractivity contribution in [2.45, 2.75) is 19.8 Å². The Kier molecular flexibility index (Phi) is 6.41. The van der Waals surface area contributed by atoms with Crippen molar-refractivity contribution in [3.8, 4) is 6.07 Å². The Morgan fingerprint density at radius 1 is 1.47 bits per heavy atom. The van der Waals surface area contributed by atoms with Crippen LogP contribution >= 0.6 is 23.2 Å². The molecule has 0 radical (unpaired) electrons. The van der Waals surface area contributed by atoms with E-state index in [1.54, 1.807) is 18.2 Å². The summed E-state index contributed by atoms with van der Waals surface area (Å²) in [7, 11) is 0. The number of nitriles is 1. The lowest BCUT2D eigenvalue weighted by Gasteiger charge is -2.04. The Morgan fingerprint density at radius 3 is 2.79 bits per heavy atom. The molecule has 0 aliphatic carbocycles. The molecule has 1 aromatic rings. The van der Waals surface area contributed by atoms with Gasteiger partial charge in [0.1, 0.15) is 11.6 Å². The van der Waals surface area contributed by atoms with Crippen molar-refractivity contribution >= 4 is 35.2 Å². The second-order valence-electron chi connectivity index (χ2n) is 3.95. The van der Waals surface area contributed by atoms with Crippen LogP contribution in [0.1, 0.15) is 25.3 Å². The molecule has 3 nitrogen and oxygen atoms in total. The van der Waals surface area contributed by atoms with Gasteiger partial charge >= 0.3 is 0 Å². The summed E-state index contributed by atoms with van der Waals surface area (Å²) < 4.78 is 0. The van der Waals surface area contributed by atoms with E-state index < -0.39 is 0 Å². The van der Waals surface area contributed by atoms with Crippen molar-refractivity contribution in [3.05, 3.63) is 39.4 Å². The number of benzene rings is 1. The Balaban J connectivity index is 2.87. The fourth-order valence-corrected chi connectivity index (χ4v) is 1.86. The van der Waals surface area contributed by atoms with E-state index in [-0.39, 0.29) is 11.5 Å². The Hall–Kier alpha value is -1.50. The number of unbranched alkanes of at least 4 members (excludes halogenated alkanes) is 1. The fraction of sp³-hybridized carbons (Fsp3) is 0.286. The van der Waals surface area contributed by atoms with Crippen LogP contribution in [-0.2, 0) is 4.79 Å². The summed E-state index contributed by atoms with van der Waals surface area (Å²) in [4.78, 5) is 11.8. The standard InChI is InChI=1S/C14H14Cl2N2O/c1-2-3-6-18-14(19)11(9-17)7-10-4-5-12(15)8-13(10)16/h4-5,7-8H,2-3,6H2,1H3,(H,18,19). The zero-order chi connectivity index (χ0) is 14.3. The number of carbonyl (C=O) groups excluding carboxylic acids is 1. The molecule has 1 amide bonds.